The first-order valence-electron chi connectivity index (χ1n) is 9.79. The normalized spacial score (nSPS) is 11.7. The number of carbonyl (C=O) groups excluding carboxylic acids is 1. The summed E-state index contributed by atoms with van der Waals surface area (Å²) in [7, 11) is 1.62. The number of phenolic OH excluding ortho intramolecular Hbond substituents is 1. The summed E-state index contributed by atoms with van der Waals surface area (Å²) in [5.74, 6) is 1.07. The number of halogens is 1. The average Bonchev–Trinajstić information content (AvgIpc) is 2.77. The fraction of sp³-hybridized carbons (Fsp3) is 0.208. The fourth-order valence-electron chi connectivity index (χ4n) is 3.08. The summed E-state index contributed by atoms with van der Waals surface area (Å²) >= 11 is 6.38. The number of primary amides is 1. The Bertz CT molecular complexity index is 1020. The third-order valence-electron chi connectivity index (χ3n) is 4.80. The van der Waals surface area contributed by atoms with Crippen molar-refractivity contribution in [2.75, 3.05) is 7.11 Å². The van der Waals surface area contributed by atoms with Gasteiger partial charge in [0, 0.05) is 6.54 Å². The van der Waals surface area contributed by atoms with Crippen LogP contribution in [-0.2, 0) is 24.4 Å². The molecule has 0 saturated heterocycles. The Morgan fingerprint density at radius 3 is 2.48 bits per heavy atom. The molecular weight excluding hydrogens is 416 g/mol. The van der Waals surface area contributed by atoms with E-state index in [2.05, 4.69) is 5.32 Å². The molecule has 0 bridgehead atoms. The van der Waals surface area contributed by atoms with Gasteiger partial charge in [0.05, 0.1) is 18.2 Å². The van der Waals surface area contributed by atoms with E-state index in [1.54, 1.807) is 43.5 Å². The molecule has 31 heavy (non-hydrogen) atoms. The van der Waals surface area contributed by atoms with Crippen LogP contribution < -0.4 is 20.5 Å². The van der Waals surface area contributed by atoms with Crippen molar-refractivity contribution in [3.05, 3.63) is 88.4 Å². The monoisotopic (exact) mass is 440 g/mol. The maximum absolute atomic E-state index is 11.8. The highest BCUT2D eigenvalue weighted by Crippen LogP contribution is 2.27. The third kappa shape index (κ3) is 6.64. The number of ether oxygens (including phenoxy) is 2. The summed E-state index contributed by atoms with van der Waals surface area (Å²) in [5.41, 5.74) is 8.31. The van der Waals surface area contributed by atoms with Gasteiger partial charge in [0.2, 0.25) is 5.91 Å². The van der Waals surface area contributed by atoms with Crippen LogP contribution >= 0.6 is 11.6 Å². The highest BCUT2D eigenvalue weighted by molar-refractivity contribution is 6.32. The van der Waals surface area contributed by atoms with Crippen LogP contribution in [0.4, 0.5) is 0 Å². The zero-order chi connectivity index (χ0) is 22.2. The van der Waals surface area contributed by atoms with E-state index in [4.69, 9.17) is 26.8 Å². The number of benzene rings is 3. The first-order valence-corrected chi connectivity index (χ1v) is 10.2. The number of phenols is 1. The summed E-state index contributed by atoms with van der Waals surface area (Å²) in [6, 6.07) is 19.3. The third-order valence-corrected chi connectivity index (χ3v) is 5.09. The molecule has 0 heterocycles. The second-order valence-electron chi connectivity index (χ2n) is 7.11. The first-order chi connectivity index (χ1) is 14.9. The van der Waals surface area contributed by atoms with Crippen molar-refractivity contribution in [2.24, 2.45) is 5.73 Å². The zero-order valence-corrected chi connectivity index (χ0v) is 17.9. The predicted molar refractivity (Wildman–Crippen MR) is 120 cm³/mol. The second kappa shape index (κ2) is 10.7. The standard InChI is InChI=1S/C24H25ClN2O4/c1-30-20-4-2-3-18(11-20)15-31-23-10-7-17(12-21(23)25)14-27-22(24(26)29)13-16-5-8-19(28)9-6-16/h2-12,22,27-28H,13-15H2,1H3,(H2,26,29)/t22-/m0/s1. The van der Waals surface area contributed by atoms with E-state index in [-0.39, 0.29) is 5.75 Å². The topological polar surface area (TPSA) is 93.8 Å². The first kappa shape index (κ1) is 22.5. The minimum absolute atomic E-state index is 0.177. The zero-order valence-electron chi connectivity index (χ0n) is 17.2. The Morgan fingerprint density at radius 2 is 1.81 bits per heavy atom. The number of methoxy groups -OCH3 is 1. The molecule has 1 atom stereocenters. The molecule has 0 aliphatic carbocycles. The smallest absolute Gasteiger partial charge is 0.234 e. The van der Waals surface area contributed by atoms with Crippen LogP contribution in [0.1, 0.15) is 16.7 Å². The molecule has 3 aromatic rings. The molecule has 0 aliphatic rings. The number of rotatable bonds is 10. The largest absolute Gasteiger partial charge is 0.508 e. The molecule has 6 nitrogen and oxygen atoms in total. The van der Waals surface area contributed by atoms with Crippen LogP contribution in [0, 0.1) is 0 Å². The molecule has 3 rings (SSSR count). The van der Waals surface area contributed by atoms with Crippen LogP contribution in [0.25, 0.3) is 0 Å². The molecule has 1 amide bonds. The number of nitrogens with one attached hydrogen (secondary N) is 1. The maximum Gasteiger partial charge on any atom is 0.234 e. The number of carbonyl (C=O) groups is 1. The molecule has 0 spiro atoms. The van der Waals surface area contributed by atoms with Gasteiger partial charge in [0.15, 0.2) is 0 Å². The predicted octanol–water partition coefficient (Wildman–Crippen LogP) is 3.82. The van der Waals surface area contributed by atoms with Gasteiger partial charge in [0.1, 0.15) is 23.9 Å². The summed E-state index contributed by atoms with van der Waals surface area (Å²) in [6.07, 6.45) is 0.422. The van der Waals surface area contributed by atoms with Gasteiger partial charge in [0.25, 0.3) is 0 Å². The number of nitrogens with two attached hydrogens (primary N) is 1. The SMILES string of the molecule is COc1cccc(COc2ccc(CN[C@@H](Cc3ccc(O)cc3)C(N)=O)cc2Cl)c1. The maximum atomic E-state index is 11.8. The highest BCUT2D eigenvalue weighted by atomic mass is 35.5. The molecule has 0 radical (unpaired) electrons. The van der Waals surface area contributed by atoms with E-state index in [9.17, 15) is 9.90 Å². The van der Waals surface area contributed by atoms with Crippen molar-refractivity contribution in [1.29, 1.82) is 0 Å². The molecule has 0 aromatic heterocycles. The van der Waals surface area contributed by atoms with E-state index < -0.39 is 11.9 Å². The van der Waals surface area contributed by atoms with Crippen molar-refractivity contribution in [3.8, 4) is 17.2 Å². The van der Waals surface area contributed by atoms with Gasteiger partial charge in [-0.3, -0.25) is 4.79 Å². The number of hydrogen-bond donors (Lipinski definition) is 3. The van der Waals surface area contributed by atoms with Gasteiger partial charge in [-0.05, 0) is 59.5 Å². The van der Waals surface area contributed by atoms with Crippen LogP contribution in [-0.4, -0.2) is 24.2 Å². The van der Waals surface area contributed by atoms with Gasteiger partial charge in [-0.15, -0.1) is 0 Å². The molecule has 0 aliphatic heterocycles. The molecule has 0 unspecified atom stereocenters. The van der Waals surface area contributed by atoms with Gasteiger partial charge in [-0.1, -0.05) is 41.9 Å². The van der Waals surface area contributed by atoms with Crippen LogP contribution in [0.5, 0.6) is 17.2 Å². The Balaban J connectivity index is 1.58. The molecule has 4 N–H and O–H groups in total. The highest BCUT2D eigenvalue weighted by Gasteiger charge is 2.16. The van der Waals surface area contributed by atoms with E-state index in [0.717, 1.165) is 22.4 Å². The van der Waals surface area contributed by atoms with Crippen LogP contribution in [0.15, 0.2) is 66.7 Å². The van der Waals surface area contributed by atoms with Crippen molar-refractivity contribution in [3.63, 3.8) is 0 Å². The molecule has 0 saturated carbocycles. The number of amides is 1. The van der Waals surface area contributed by atoms with Crippen molar-refractivity contribution in [2.45, 2.75) is 25.6 Å². The summed E-state index contributed by atoms with van der Waals surface area (Å²) in [6.45, 7) is 0.784. The number of aromatic hydroxyl groups is 1. The van der Waals surface area contributed by atoms with E-state index in [1.807, 2.05) is 30.3 Å². The molecular formula is C24H25ClN2O4. The average molecular weight is 441 g/mol. The molecule has 162 valence electrons. The lowest BCUT2D eigenvalue weighted by atomic mass is 10.0. The molecule has 7 heteroatoms. The Morgan fingerprint density at radius 1 is 1.06 bits per heavy atom. The van der Waals surface area contributed by atoms with Crippen molar-refractivity contribution in [1.82, 2.24) is 5.32 Å². The molecule has 0 fully saturated rings. The fourth-order valence-corrected chi connectivity index (χ4v) is 3.33. The number of hydrogen-bond acceptors (Lipinski definition) is 5. The minimum atomic E-state index is -0.549. The van der Waals surface area contributed by atoms with Crippen molar-refractivity contribution >= 4 is 17.5 Å². The summed E-state index contributed by atoms with van der Waals surface area (Å²) < 4.78 is 11.0. The quantitative estimate of drug-likeness (QED) is 0.445. The van der Waals surface area contributed by atoms with Crippen LogP contribution in [0.3, 0.4) is 0 Å². The Labute approximate surface area is 186 Å². The van der Waals surface area contributed by atoms with Crippen LogP contribution in [0.2, 0.25) is 5.02 Å². The Hall–Kier alpha value is -3.22. The lowest BCUT2D eigenvalue weighted by molar-refractivity contribution is -0.120. The van der Waals surface area contributed by atoms with Gasteiger partial charge in [-0.2, -0.15) is 0 Å². The summed E-state index contributed by atoms with van der Waals surface area (Å²) in [4.78, 5) is 11.8. The lowest BCUT2D eigenvalue weighted by Crippen LogP contribution is -2.42. The summed E-state index contributed by atoms with van der Waals surface area (Å²) in [5, 5.41) is 13.0. The Kier molecular flexibility index (Phi) is 7.76. The van der Waals surface area contributed by atoms with Gasteiger partial charge in [-0.25, -0.2) is 0 Å². The van der Waals surface area contributed by atoms with Gasteiger partial charge >= 0.3 is 0 Å². The van der Waals surface area contributed by atoms with E-state index in [0.29, 0.717) is 30.3 Å². The van der Waals surface area contributed by atoms with E-state index >= 15 is 0 Å². The van der Waals surface area contributed by atoms with Gasteiger partial charge < -0.3 is 25.6 Å². The second-order valence-corrected chi connectivity index (χ2v) is 7.52. The lowest BCUT2D eigenvalue weighted by Gasteiger charge is -2.16. The minimum Gasteiger partial charge on any atom is -0.508 e. The van der Waals surface area contributed by atoms with E-state index in [1.165, 1.54) is 0 Å². The van der Waals surface area contributed by atoms with Crippen molar-refractivity contribution < 1.29 is 19.4 Å². The molecule has 3 aromatic carbocycles.